The molecule has 1 amide bonds. The molecule has 3 rings (SSSR count). The Hall–Kier alpha value is -3.03. The Balaban J connectivity index is 1.48. The van der Waals surface area contributed by atoms with Crippen molar-refractivity contribution >= 4 is 5.91 Å². The molecule has 436 valence electrons. The molecule has 0 saturated carbocycles. The molecule has 17 atom stereocenters. The van der Waals surface area contributed by atoms with E-state index in [1.807, 2.05) is 6.08 Å². The molecule has 3 aliphatic rings. The molecular weight excluding hydrogens is 987 g/mol. The van der Waals surface area contributed by atoms with Crippen LogP contribution in [0.25, 0.3) is 0 Å². The fourth-order valence-electron chi connectivity index (χ4n) is 8.84. The van der Waals surface area contributed by atoms with Crippen LogP contribution in [0.4, 0.5) is 0 Å². The van der Waals surface area contributed by atoms with E-state index in [2.05, 4.69) is 92.1 Å². The van der Waals surface area contributed by atoms with Gasteiger partial charge in [-0.25, -0.2) is 0 Å². The van der Waals surface area contributed by atoms with Gasteiger partial charge in [0.05, 0.1) is 38.6 Å². The van der Waals surface area contributed by atoms with Gasteiger partial charge in [-0.05, 0) is 70.6 Å². The van der Waals surface area contributed by atoms with Crippen LogP contribution in [0.2, 0.25) is 0 Å². The molecule has 0 aromatic heterocycles. The first-order chi connectivity index (χ1) is 36.8. The second-order valence-corrected chi connectivity index (χ2v) is 19.7. The Kier molecular flexibility index (Phi) is 35.6. The quantitative estimate of drug-likeness (QED) is 0.0310. The van der Waals surface area contributed by atoms with Crippen molar-refractivity contribution in [2.75, 3.05) is 26.4 Å². The minimum atomic E-state index is -1.98. The summed E-state index contributed by atoms with van der Waals surface area (Å²) in [6.45, 7) is 1.49. The highest BCUT2D eigenvalue weighted by molar-refractivity contribution is 5.76. The number of hydrogen-bond acceptors (Lipinski definition) is 18. The zero-order valence-corrected chi connectivity index (χ0v) is 44.9. The predicted octanol–water partition coefficient (Wildman–Crippen LogP) is 3.64. The van der Waals surface area contributed by atoms with Gasteiger partial charge in [-0.2, -0.15) is 0 Å². The summed E-state index contributed by atoms with van der Waals surface area (Å²) in [6, 6.07) is -0.989. The molecule has 0 aromatic rings. The van der Waals surface area contributed by atoms with Crippen LogP contribution in [0.1, 0.15) is 136 Å². The summed E-state index contributed by atoms with van der Waals surface area (Å²) < 4.78 is 34.1. The lowest BCUT2D eigenvalue weighted by atomic mass is 9.96. The third-order valence-corrected chi connectivity index (χ3v) is 13.4. The maximum absolute atomic E-state index is 13.2. The molecule has 17 unspecified atom stereocenters. The molecule has 3 aliphatic heterocycles. The van der Waals surface area contributed by atoms with Gasteiger partial charge >= 0.3 is 0 Å². The van der Waals surface area contributed by atoms with E-state index in [1.54, 1.807) is 6.08 Å². The molecule has 0 radical (unpaired) electrons. The molecule has 19 heteroatoms. The Labute approximate surface area is 450 Å². The van der Waals surface area contributed by atoms with Crippen LogP contribution in [0.5, 0.6) is 0 Å². The lowest BCUT2D eigenvalue weighted by Crippen LogP contribution is -2.66. The highest BCUT2D eigenvalue weighted by Gasteiger charge is 2.53. The van der Waals surface area contributed by atoms with Gasteiger partial charge in [0, 0.05) is 6.42 Å². The number of carbonyl (C=O) groups excluding carboxylic acids is 1. The normalized spacial score (nSPS) is 31.6. The van der Waals surface area contributed by atoms with Crippen molar-refractivity contribution in [1.29, 1.82) is 0 Å². The number of nitrogens with one attached hydrogen (secondary N) is 1. The highest BCUT2D eigenvalue weighted by Crippen LogP contribution is 2.33. The van der Waals surface area contributed by atoms with E-state index < -0.39 is 124 Å². The second-order valence-electron chi connectivity index (χ2n) is 19.7. The zero-order chi connectivity index (χ0) is 55.5. The van der Waals surface area contributed by atoms with E-state index in [4.69, 9.17) is 28.4 Å². The van der Waals surface area contributed by atoms with Crippen molar-refractivity contribution in [1.82, 2.24) is 5.32 Å². The van der Waals surface area contributed by atoms with E-state index in [-0.39, 0.29) is 18.9 Å². The first-order valence-corrected chi connectivity index (χ1v) is 27.8. The molecule has 19 nitrogen and oxygen atoms in total. The van der Waals surface area contributed by atoms with Crippen LogP contribution >= 0.6 is 0 Å². The van der Waals surface area contributed by atoms with Crippen LogP contribution in [0, 0.1) is 0 Å². The average molecular weight is 1080 g/mol. The Bertz CT molecular complexity index is 1720. The van der Waals surface area contributed by atoms with Crippen molar-refractivity contribution in [3.05, 3.63) is 85.1 Å². The average Bonchev–Trinajstić information content (AvgIpc) is 3.42. The van der Waals surface area contributed by atoms with Gasteiger partial charge in [-0.15, -0.1) is 0 Å². The SMILES string of the molecule is CC/C=C\C/C=C\C/C=C\C/C=C\C/C=C\C/C=C\CCCCCCC(=O)NC(COC1OC(CO)C(OC2OC(CO)C(OC3OC(CO)C(O)C(O)C3O)C(O)C2O)C(O)C1O)C(O)/C=C/CCCCCCCC. The fourth-order valence-corrected chi connectivity index (χ4v) is 8.84. The zero-order valence-electron chi connectivity index (χ0n) is 44.9. The lowest BCUT2D eigenvalue weighted by molar-refractivity contribution is -0.379. The first kappa shape index (κ1) is 67.2. The number of hydrogen-bond donors (Lipinski definition) is 12. The summed E-state index contributed by atoms with van der Waals surface area (Å²) in [6.07, 6.45) is 20.3. The van der Waals surface area contributed by atoms with E-state index in [9.17, 15) is 61.0 Å². The number of aliphatic hydroxyl groups excluding tert-OH is 11. The molecular formula is C57H95NO18. The minimum Gasteiger partial charge on any atom is -0.394 e. The van der Waals surface area contributed by atoms with Crippen LogP contribution in [0.3, 0.4) is 0 Å². The Morgan fingerprint density at radius 1 is 0.487 bits per heavy atom. The lowest BCUT2D eigenvalue weighted by Gasteiger charge is -2.48. The summed E-state index contributed by atoms with van der Waals surface area (Å²) in [5.74, 6) is -0.309. The van der Waals surface area contributed by atoms with Crippen LogP contribution < -0.4 is 5.32 Å². The monoisotopic (exact) mass is 1080 g/mol. The van der Waals surface area contributed by atoms with Gasteiger partial charge < -0.3 is 89.9 Å². The molecule has 3 saturated heterocycles. The predicted molar refractivity (Wildman–Crippen MR) is 286 cm³/mol. The van der Waals surface area contributed by atoms with Gasteiger partial charge in [0.1, 0.15) is 73.2 Å². The van der Waals surface area contributed by atoms with E-state index in [1.165, 1.54) is 12.8 Å². The fraction of sp³-hybridized carbons (Fsp3) is 0.737. The van der Waals surface area contributed by atoms with Crippen molar-refractivity contribution in [2.45, 2.75) is 240 Å². The Morgan fingerprint density at radius 3 is 1.42 bits per heavy atom. The summed E-state index contributed by atoms with van der Waals surface area (Å²) in [4.78, 5) is 13.2. The van der Waals surface area contributed by atoms with Crippen molar-refractivity contribution in [2.24, 2.45) is 0 Å². The first-order valence-electron chi connectivity index (χ1n) is 27.8. The third kappa shape index (κ3) is 24.5. The number of carbonyl (C=O) groups is 1. The number of allylic oxidation sites excluding steroid dienone is 13. The molecule has 12 N–H and O–H groups in total. The van der Waals surface area contributed by atoms with Crippen LogP contribution in [-0.2, 0) is 33.2 Å². The van der Waals surface area contributed by atoms with Gasteiger partial charge in [0.2, 0.25) is 5.91 Å². The van der Waals surface area contributed by atoms with Crippen molar-refractivity contribution in [3.8, 4) is 0 Å². The maximum atomic E-state index is 13.2. The molecule has 0 aliphatic carbocycles. The standard InChI is InChI=1S/C57H95NO18/c1-3-5-7-9-11-13-14-15-16-17-18-19-20-21-22-23-24-25-26-27-29-31-33-35-45(63)58-40(41(62)34-32-30-28-12-10-8-6-4-2)39-71-55-51(69)48(66)53(43(37-60)73-55)76-57-52(70)49(67)54(44(38-61)74-57)75-56-50(68)47(65)46(64)42(36-59)72-56/h5,7,11,13,15-16,18-19,21-22,24-25,32,34,40-44,46-57,59-62,64-70H,3-4,6,8-10,12,14,17,20,23,26-31,33,35-39H2,1-2H3,(H,58,63)/b7-5-,13-11-,16-15-,19-18-,22-21-,25-24-,34-32+. The topological polar surface area (TPSA) is 307 Å². The molecule has 0 spiro atoms. The molecule has 3 fully saturated rings. The number of rotatable bonds is 38. The molecule has 0 bridgehead atoms. The van der Waals surface area contributed by atoms with Crippen LogP contribution in [0.15, 0.2) is 85.1 Å². The Morgan fingerprint density at radius 2 is 0.908 bits per heavy atom. The van der Waals surface area contributed by atoms with E-state index in [0.29, 0.717) is 6.42 Å². The third-order valence-electron chi connectivity index (χ3n) is 13.4. The van der Waals surface area contributed by atoms with Gasteiger partial charge in [-0.1, -0.05) is 144 Å². The number of ether oxygens (including phenoxy) is 6. The summed E-state index contributed by atoms with van der Waals surface area (Å²) in [5, 5.41) is 120. The number of unbranched alkanes of at least 4 members (excludes halogenated alkanes) is 10. The highest BCUT2D eigenvalue weighted by atomic mass is 16.8. The van der Waals surface area contributed by atoms with Crippen LogP contribution in [-0.4, -0.2) is 193 Å². The molecule has 3 heterocycles. The minimum absolute atomic E-state index is 0.207. The largest absolute Gasteiger partial charge is 0.394 e. The van der Waals surface area contributed by atoms with Crippen molar-refractivity contribution < 1.29 is 89.4 Å². The van der Waals surface area contributed by atoms with Crippen molar-refractivity contribution in [3.63, 3.8) is 0 Å². The number of amides is 1. The van der Waals surface area contributed by atoms with Gasteiger partial charge in [0.25, 0.3) is 0 Å². The van der Waals surface area contributed by atoms with Gasteiger partial charge in [-0.3, -0.25) is 4.79 Å². The molecule has 76 heavy (non-hydrogen) atoms. The number of aliphatic hydroxyl groups is 11. The second kappa shape index (κ2) is 40.2. The van der Waals surface area contributed by atoms with E-state index >= 15 is 0 Å². The maximum Gasteiger partial charge on any atom is 0.220 e. The summed E-state index contributed by atoms with van der Waals surface area (Å²) in [7, 11) is 0. The van der Waals surface area contributed by atoms with E-state index in [0.717, 1.165) is 96.3 Å². The summed E-state index contributed by atoms with van der Waals surface area (Å²) in [5.41, 5.74) is 0. The summed E-state index contributed by atoms with van der Waals surface area (Å²) >= 11 is 0. The molecule has 0 aromatic carbocycles. The smallest absolute Gasteiger partial charge is 0.220 e. The van der Waals surface area contributed by atoms with Gasteiger partial charge in [0.15, 0.2) is 18.9 Å².